The molecule has 27 heavy (non-hydrogen) atoms. The maximum Gasteiger partial charge on any atom is 0.319 e. The van der Waals surface area contributed by atoms with Crippen LogP contribution >= 0.6 is 24.0 Å². The number of hydrogen-bond donors (Lipinski definition) is 2. The van der Waals surface area contributed by atoms with Crippen molar-refractivity contribution in [3.8, 4) is 0 Å². The molecule has 9 heteroatoms. The topological polar surface area (TPSA) is 54.2 Å². The van der Waals surface area contributed by atoms with Gasteiger partial charge in [-0.25, -0.2) is 14.4 Å². The van der Waals surface area contributed by atoms with Crippen LogP contribution in [0.1, 0.15) is 38.7 Å². The van der Waals surface area contributed by atoms with Crippen molar-refractivity contribution in [3.05, 3.63) is 53.9 Å². The van der Waals surface area contributed by atoms with Crippen LogP contribution in [0.15, 0.2) is 41.7 Å². The maximum atomic E-state index is 13.5. The Labute approximate surface area is 174 Å². The molecule has 0 fully saturated rings. The summed E-state index contributed by atoms with van der Waals surface area (Å²) in [5.74, 6) is 0.386. The van der Waals surface area contributed by atoms with Gasteiger partial charge < -0.3 is 10.6 Å². The minimum Gasteiger partial charge on any atom is -0.357 e. The second-order valence-corrected chi connectivity index (χ2v) is 6.47. The molecule has 0 radical (unpaired) electrons. The summed E-state index contributed by atoms with van der Waals surface area (Å²) < 4.78 is 40.0. The SMILES string of the molecule is CCNC(=NCc1nccn1C(F)F)NCC(C)(C)c1cccc(F)c1.I. The number of halogens is 4. The lowest BCUT2D eigenvalue weighted by Gasteiger charge is -2.27. The van der Waals surface area contributed by atoms with Gasteiger partial charge in [0.25, 0.3) is 0 Å². The molecule has 2 N–H and O–H groups in total. The van der Waals surface area contributed by atoms with E-state index in [1.807, 2.05) is 26.8 Å². The van der Waals surface area contributed by atoms with Crippen LogP contribution < -0.4 is 10.6 Å². The van der Waals surface area contributed by atoms with Crippen molar-refractivity contribution in [1.29, 1.82) is 0 Å². The third-order valence-electron chi connectivity index (χ3n) is 3.99. The standard InChI is InChI=1S/C18H24F3N5.HI/c1-4-22-17(24-11-15-23-8-9-26(15)16(20)21)25-12-18(2,3)13-6-5-7-14(19)10-13;/h5-10,16H,4,11-12H2,1-3H3,(H2,22,24,25);1H. The predicted molar refractivity (Wildman–Crippen MR) is 111 cm³/mol. The molecule has 0 atom stereocenters. The van der Waals surface area contributed by atoms with Gasteiger partial charge in [-0.3, -0.25) is 4.57 Å². The van der Waals surface area contributed by atoms with E-state index in [2.05, 4.69) is 20.6 Å². The Hall–Kier alpha value is -1.78. The highest BCUT2D eigenvalue weighted by molar-refractivity contribution is 14.0. The summed E-state index contributed by atoms with van der Waals surface area (Å²) in [5, 5.41) is 6.25. The summed E-state index contributed by atoms with van der Waals surface area (Å²) in [5.41, 5.74) is 0.508. The van der Waals surface area contributed by atoms with Crippen LogP contribution in [-0.2, 0) is 12.0 Å². The zero-order chi connectivity index (χ0) is 19.2. The number of guanidine groups is 1. The molecular weight excluding hydrogens is 470 g/mol. The van der Waals surface area contributed by atoms with Gasteiger partial charge in [-0.2, -0.15) is 8.78 Å². The summed E-state index contributed by atoms with van der Waals surface area (Å²) in [6.07, 6.45) is 2.55. The highest BCUT2D eigenvalue weighted by Crippen LogP contribution is 2.22. The zero-order valence-electron chi connectivity index (χ0n) is 15.5. The molecule has 1 heterocycles. The first kappa shape index (κ1) is 23.3. The molecule has 1 aromatic carbocycles. The third kappa shape index (κ3) is 6.71. The number of hydrogen-bond acceptors (Lipinski definition) is 2. The predicted octanol–water partition coefficient (Wildman–Crippen LogP) is 4.07. The van der Waals surface area contributed by atoms with Crippen molar-refractivity contribution in [3.63, 3.8) is 0 Å². The van der Waals surface area contributed by atoms with E-state index in [0.717, 1.165) is 10.1 Å². The number of aromatic nitrogens is 2. The number of imidazole rings is 1. The van der Waals surface area contributed by atoms with Gasteiger partial charge in [0.15, 0.2) is 5.96 Å². The first-order chi connectivity index (χ1) is 12.3. The van der Waals surface area contributed by atoms with Gasteiger partial charge in [-0.1, -0.05) is 26.0 Å². The highest BCUT2D eigenvalue weighted by Gasteiger charge is 2.21. The highest BCUT2D eigenvalue weighted by atomic mass is 127. The van der Waals surface area contributed by atoms with Gasteiger partial charge in [0, 0.05) is 30.9 Å². The molecule has 0 spiro atoms. The minimum atomic E-state index is -2.65. The largest absolute Gasteiger partial charge is 0.357 e. The number of aliphatic imine (C=N–C) groups is 1. The maximum absolute atomic E-state index is 13.5. The van der Waals surface area contributed by atoms with E-state index in [4.69, 9.17) is 0 Å². The molecule has 5 nitrogen and oxygen atoms in total. The quantitative estimate of drug-likeness (QED) is 0.346. The zero-order valence-corrected chi connectivity index (χ0v) is 17.9. The van der Waals surface area contributed by atoms with Crippen LogP contribution in [0.2, 0.25) is 0 Å². The Morgan fingerprint density at radius 2 is 2.04 bits per heavy atom. The van der Waals surface area contributed by atoms with Gasteiger partial charge >= 0.3 is 6.55 Å². The summed E-state index contributed by atoms with van der Waals surface area (Å²) in [4.78, 5) is 8.23. The first-order valence-electron chi connectivity index (χ1n) is 8.41. The molecule has 0 saturated carbocycles. The van der Waals surface area contributed by atoms with E-state index in [9.17, 15) is 13.2 Å². The van der Waals surface area contributed by atoms with Crippen LogP contribution in [-0.4, -0.2) is 28.6 Å². The summed E-state index contributed by atoms with van der Waals surface area (Å²) >= 11 is 0. The normalized spacial score (nSPS) is 12.0. The van der Waals surface area contributed by atoms with E-state index in [1.165, 1.54) is 24.5 Å². The molecule has 0 aliphatic carbocycles. The van der Waals surface area contributed by atoms with Crippen molar-refractivity contribution in [2.24, 2.45) is 4.99 Å². The molecule has 0 unspecified atom stereocenters. The molecule has 0 saturated heterocycles. The first-order valence-corrected chi connectivity index (χ1v) is 8.41. The van der Waals surface area contributed by atoms with Crippen LogP contribution in [0, 0.1) is 5.82 Å². The fourth-order valence-electron chi connectivity index (χ4n) is 2.45. The monoisotopic (exact) mass is 495 g/mol. The molecule has 0 aliphatic rings. The van der Waals surface area contributed by atoms with Crippen molar-refractivity contribution in [1.82, 2.24) is 20.2 Å². The number of rotatable bonds is 7. The van der Waals surface area contributed by atoms with Crippen LogP contribution in [0.3, 0.4) is 0 Å². The lowest BCUT2D eigenvalue weighted by atomic mass is 9.84. The van der Waals surface area contributed by atoms with E-state index in [1.54, 1.807) is 6.07 Å². The van der Waals surface area contributed by atoms with Gasteiger partial charge in [0.1, 0.15) is 18.2 Å². The summed E-state index contributed by atoms with van der Waals surface area (Å²) in [6.45, 7) is 4.37. The third-order valence-corrected chi connectivity index (χ3v) is 3.99. The average Bonchev–Trinajstić information content (AvgIpc) is 3.06. The van der Waals surface area contributed by atoms with Crippen LogP contribution in [0.4, 0.5) is 13.2 Å². The Bertz CT molecular complexity index is 746. The van der Waals surface area contributed by atoms with Gasteiger partial charge in [0.05, 0.1) is 0 Å². The van der Waals surface area contributed by atoms with Crippen molar-refractivity contribution < 1.29 is 13.2 Å². The summed E-state index contributed by atoms with van der Waals surface area (Å²) in [7, 11) is 0. The molecule has 150 valence electrons. The lowest BCUT2D eigenvalue weighted by molar-refractivity contribution is 0.0671. The van der Waals surface area contributed by atoms with Gasteiger partial charge in [-0.05, 0) is 24.6 Å². The minimum absolute atomic E-state index is 0. The number of nitrogens with one attached hydrogen (secondary N) is 2. The Balaban J connectivity index is 0.00000364. The van der Waals surface area contributed by atoms with Crippen LogP contribution in [0.5, 0.6) is 0 Å². The van der Waals surface area contributed by atoms with Crippen molar-refractivity contribution in [2.75, 3.05) is 13.1 Å². The fraction of sp³-hybridized carbons (Fsp3) is 0.444. The van der Waals surface area contributed by atoms with Crippen molar-refractivity contribution in [2.45, 2.75) is 39.3 Å². The molecular formula is C18H25F3IN5. The lowest BCUT2D eigenvalue weighted by Crippen LogP contribution is -2.43. The number of alkyl halides is 2. The number of nitrogens with zero attached hydrogens (tertiary/aromatic N) is 3. The van der Waals surface area contributed by atoms with Gasteiger partial charge in [0.2, 0.25) is 0 Å². The van der Waals surface area contributed by atoms with E-state index in [-0.39, 0.29) is 47.6 Å². The Morgan fingerprint density at radius 3 is 2.67 bits per heavy atom. The fourth-order valence-corrected chi connectivity index (χ4v) is 2.45. The molecule has 0 bridgehead atoms. The molecule has 2 aromatic rings. The molecule has 0 aliphatic heterocycles. The van der Waals surface area contributed by atoms with E-state index >= 15 is 0 Å². The Kier molecular flexibility index (Phi) is 9.07. The molecule has 1 aromatic heterocycles. The smallest absolute Gasteiger partial charge is 0.319 e. The number of benzene rings is 1. The van der Waals surface area contributed by atoms with E-state index < -0.39 is 6.55 Å². The van der Waals surface area contributed by atoms with Gasteiger partial charge in [-0.15, -0.1) is 24.0 Å². The molecule has 0 amide bonds. The van der Waals surface area contributed by atoms with E-state index in [0.29, 0.717) is 19.0 Å². The summed E-state index contributed by atoms with van der Waals surface area (Å²) in [6, 6.07) is 6.46. The van der Waals surface area contributed by atoms with Crippen molar-refractivity contribution >= 4 is 29.9 Å². The average molecular weight is 495 g/mol. The Morgan fingerprint density at radius 1 is 1.30 bits per heavy atom. The second-order valence-electron chi connectivity index (χ2n) is 6.47. The molecule has 2 rings (SSSR count). The van der Waals surface area contributed by atoms with Crippen LogP contribution in [0.25, 0.3) is 0 Å². The second kappa shape index (κ2) is 10.5.